The number of hydrogen-bond acceptors (Lipinski definition) is 3. The summed E-state index contributed by atoms with van der Waals surface area (Å²) in [4.78, 5) is 18.0. The van der Waals surface area contributed by atoms with Crippen LogP contribution < -0.4 is 0 Å². The van der Waals surface area contributed by atoms with Crippen LogP contribution >= 0.6 is 34.8 Å². The zero-order valence-corrected chi connectivity index (χ0v) is 8.20. The first kappa shape index (κ1) is 9.71. The van der Waals surface area contributed by atoms with Gasteiger partial charge in [-0.05, 0) is 30.1 Å². The topological polar surface area (TPSA) is 42.9 Å². The molecule has 0 amide bonds. The van der Waals surface area contributed by atoms with Crippen LogP contribution in [0.25, 0.3) is 0 Å². The van der Waals surface area contributed by atoms with Crippen LogP contribution in [0, 0.1) is 6.92 Å². The fourth-order valence-electron chi connectivity index (χ4n) is 0.729. The minimum atomic E-state index is -0.686. The average Bonchev–Trinajstić information content (AvgIpc) is 1.82. The Kier molecular flexibility index (Phi) is 2.88. The summed E-state index contributed by atoms with van der Waals surface area (Å²) in [6.45, 7) is 1.58. The zero-order chi connectivity index (χ0) is 9.30. The van der Waals surface area contributed by atoms with Gasteiger partial charge in [-0.15, -0.1) is 0 Å². The molecule has 0 aliphatic rings. The molecule has 6 heteroatoms. The second kappa shape index (κ2) is 3.56. The summed E-state index contributed by atoms with van der Waals surface area (Å²) in [6, 6.07) is 0. The largest absolute Gasteiger partial charge is 0.275 e. The summed E-state index contributed by atoms with van der Waals surface area (Å²) < 4.78 is 0. The highest BCUT2D eigenvalue weighted by atomic mass is 35.5. The monoisotopic (exact) mass is 224 g/mol. The van der Waals surface area contributed by atoms with E-state index in [1.54, 1.807) is 6.92 Å². The van der Waals surface area contributed by atoms with Gasteiger partial charge in [0, 0.05) is 0 Å². The van der Waals surface area contributed by atoms with Crippen LogP contribution in [-0.2, 0) is 0 Å². The van der Waals surface area contributed by atoms with E-state index in [1.165, 1.54) is 0 Å². The van der Waals surface area contributed by atoms with Gasteiger partial charge in [0.15, 0.2) is 0 Å². The van der Waals surface area contributed by atoms with Gasteiger partial charge in [-0.3, -0.25) is 4.79 Å². The molecule has 0 N–H and O–H groups in total. The molecule has 0 spiro atoms. The van der Waals surface area contributed by atoms with Gasteiger partial charge in [0.2, 0.25) is 5.28 Å². The molecular weight excluding hydrogens is 222 g/mol. The second-order valence-electron chi connectivity index (χ2n) is 2.02. The molecule has 3 nitrogen and oxygen atoms in total. The third-order valence-corrected chi connectivity index (χ3v) is 1.85. The third-order valence-electron chi connectivity index (χ3n) is 1.22. The van der Waals surface area contributed by atoms with Gasteiger partial charge in [-0.25, -0.2) is 9.97 Å². The SMILES string of the molecule is Cc1nc(Cl)nc(Cl)c1C(=O)Cl. The molecule has 0 atom stereocenters. The second-order valence-corrected chi connectivity index (χ2v) is 3.06. The molecule has 0 radical (unpaired) electrons. The maximum Gasteiger partial charge on any atom is 0.257 e. The Labute approximate surface area is 83.7 Å². The van der Waals surface area contributed by atoms with E-state index in [9.17, 15) is 4.79 Å². The molecule has 12 heavy (non-hydrogen) atoms. The van der Waals surface area contributed by atoms with Crippen LogP contribution in [0.15, 0.2) is 0 Å². The van der Waals surface area contributed by atoms with Crippen molar-refractivity contribution in [2.45, 2.75) is 6.92 Å². The van der Waals surface area contributed by atoms with E-state index in [1.807, 2.05) is 0 Å². The van der Waals surface area contributed by atoms with Crippen molar-refractivity contribution in [3.8, 4) is 0 Å². The first-order chi connectivity index (χ1) is 5.52. The smallest absolute Gasteiger partial charge is 0.257 e. The van der Waals surface area contributed by atoms with Crippen molar-refractivity contribution in [2.24, 2.45) is 0 Å². The molecular formula is C6H3Cl3N2O. The Morgan fingerprint density at radius 2 is 1.92 bits per heavy atom. The van der Waals surface area contributed by atoms with E-state index in [-0.39, 0.29) is 16.0 Å². The van der Waals surface area contributed by atoms with Crippen LogP contribution in [-0.4, -0.2) is 15.2 Å². The molecule has 0 bridgehead atoms. The van der Waals surface area contributed by atoms with Crippen LogP contribution in [0.3, 0.4) is 0 Å². The van der Waals surface area contributed by atoms with Crippen LogP contribution in [0.4, 0.5) is 0 Å². The predicted octanol–water partition coefficient (Wildman–Crippen LogP) is 2.47. The van der Waals surface area contributed by atoms with Crippen molar-refractivity contribution < 1.29 is 4.79 Å². The lowest BCUT2D eigenvalue weighted by Crippen LogP contribution is -2.00. The molecule has 0 saturated carbocycles. The van der Waals surface area contributed by atoms with Gasteiger partial charge in [0.25, 0.3) is 5.24 Å². The molecule has 1 heterocycles. The molecule has 64 valence electrons. The average molecular weight is 225 g/mol. The Morgan fingerprint density at radius 1 is 1.33 bits per heavy atom. The zero-order valence-electron chi connectivity index (χ0n) is 5.94. The number of halogens is 3. The fraction of sp³-hybridized carbons (Fsp3) is 0.167. The maximum absolute atomic E-state index is 10.8. The summed E-state index contributed by atoms with van der Waals surface area (Å²) in [5, 5.41) is -0.708. The number of hydrogen-bond donors (Lipinski definition) is 0. The van der Waals surface area contributed by atoms with Crippen molar-refractivity contribution in [2.75, 3.05) is 0 Å². The molecule has 0 unspecified atom stereocenters. The van der Waals surface area contributed by atoms with E-state index in [4.69, 9.17) is 34.8 Å². The number of carbonyl (C=O) groups excluding carboxylic acids is 1. The van der Waals surface area contributed by atoms with Gasteiger partial charge in [0.1, 0.15) is 5.15 Å². The molecule has 0 aromatic carbocycles. The predicted molar refractivity (Wildman–Crippen MR) is 47.0 cm³/mol. The summed E-state index contributed by atoms with van der Waals surface area (Å²) in [6.07, 6.45) is 0. The molecule has 0 aliphatic heterocycles. The molecule has 1 rings (SSSR count). The highest BCUT2D eigenvalue weighted by molar-refractivity contribution is 6.68. The first-order valence-electron chi connectivity index (χ1n) is 2.92. The Bertz CT molecular complexity index is 317. The van der Waals surface area contributed by atoms with Crippen molar-refractivity contribution in [3.05, 3.63) is 21.7 Å². The quantitative estimate of drug-likeness (QED) is 0.419. The van der Waals surface area contributed by atoms with E-state index in [0.29, 0.717) is 5.69 Å². The number of rotatable bonds is 1. The van der Waals surface area contributed by atoms with Crippen LogP contribution in [0.1, 0.15) is 16.1 Å². The van der Waals surface area contributed by atoms with Crippen molar-refractivity contribution >= 4 is 40.0 Å². The maximum atomic E-state index is 10.8. The first-order valence-corrected chi connectivity index (χ1v) is 4.05. The lowest BCUT2D eigenvalue weighted by atomic mass is 10.3. The van der Waals surface area contributed by atoms with Gasteiger partial charge >= 0.3 is 0 Å². The standard InChI is InChI=1S/C6H3Cl3N2O/c1-2-3(5(8)12)4(7)11-6(9)10-2/h1H3. The van der Waals surface area contributed by atoms with E-state index in [2.05, 4.69) is 9.97 Å². The fourth-order valence-corrected chi connectivity index (χ4v) is 1.56. The van der Waals surface area contributed by atoms with Gasteiger partial charge < -0.3 is 0 Å². The Hall–Kier alpha value is -0.380. The number of aromatic nitrogens is 2. The minimum Gasteiger partial charge on any atom is -0.275 e. The van der Waals surface area contributed by atoms with Crippen molar-refractivity contribution in [3.63, 3.8) is 0 Å². The normalized spacial score (nSPS) is 10.0. The van der Waals surface area contributed by atoms with Gasteiger partial charge in [-0.1, -0.05) is 11.6 Å². The lowest BCUT2D eigenvalue weighted by molar-refractivity contribution is 0.108. The Morgan fingerprint density at radius 3 is 2.33 bits per heavy atom. The van der Waals surface area contributed by atoms with Gasteiger partial charge in [0.05, 0.1) is 11.3 Å². The highest BCUT2D eigenvalue weighted by Gasteiger charge is 2.14. The van der Waals surface area contributed by atoms with Crippen molar-refractivity contribution in [1.29, 1.82) is 0 Å². The number of aryl methyl sites for hydroxylation is 1. The molecule has 0 aliphatic carbocycles. The third kappa shape index (κ3) is 1.86. The number of carbonyl (C=O) groups is 1. The summed E-state index contributed by atoms with van der Waals surface area (Å²) >= 11 is 16.3. The van der Waals surface area contributed by atoms with E-state index >= 15 is 0 Å². The summed E-state index contributed by atoms with van der Waals surface area (Å²) in [5.41, 5.74) is 0.475. The summed E-state index contributed by atoms with van der Waals surface area (Å²) in [7, 11) is 0. The molecule has 0 fully saturated rings. The van der Waals surface area contributed by atoms with Crippen LogP contribution in [0.2, 0.25) is 10.4 Å². The summed E-state index contributed by atoms with van der Waals surface area (Å²) in [5.74, 6) is 0. The van der Waals surface area contributed by atoms with Crippen LogP contribution in [0.5, 0.6) is 0 Å². The van der Waals surface area contributed by atoms with E-state index in [0.717, 1.165) is 0 Å². The molecule has 0 saturated heterocycles. The lowest BCUT2D eigenvalue weighted by Gasteiger charge is -2.00. The van der Waals surface area contributed by atoms with E-state index < -0.39 is 5.24 Å². The van der Waals surface area contributed by atoms with Crippen molar-refractivity contribution in [1.82, 2.24) is 9.97 Å². The molecule has 1 aromatic heterocycles. The number of nitrogens with zero attached hydrogens (tertiary/aromatic N) is 2. The minimum absolute atomic E-state index is 0.000772. The Balaban J connectivity index is 3.38. The highest BCUT2D eigenvalue weighted by Crippen LogP contribution is 2.19. The van der Waals surface area contributed by atoms with Gasteiger partial charge in [-0.2, -0.15) is 0 Å². The molecule has 1 aromatic rings.